The van der Waals surface area contributed by atoms with E-state index in [-0.39, 0.29) is 11.4 Å². The maximum absolute atomic E-state index is 11.3. The van der Waals surface area contributed by atoms with Crippen LogP contribution in [-0.4, -0.2) is 31.0 Å². The van der Waals surface area contributed by atoms with Crippen molar-refractivity contribution in [2.45, 2.75) is 32.7 Å². The molecule has 0 spiro atoms. The summed E-state index contributed by atoms with van der Waals surface area (Å²) in [5.41, 5.74) is 5.21. The summed E-state index contributed by atoms with van der Waals surface area (Å²) in [6.45, 7) is 6.34. The lowest BCUT2D eigenvalue weighted by molar-refractivity contribution is -0.122. The summed E-state index contributed by atoms with van der Waals surface area (Å²) in [6, 6.07) is 0. The Kier molecular flexibility index (Phi) is 4.97. The first-order chi connectivity index (χ1) is 6.35. The zero-order chi connectivity index (χ0) is 11.2. The zero-order valence-electron chi connectivity index (χ0n) is 9.35. The van der Waals surface area contributed by atoms with E-state index in [1.165, 1.54) is 0 Å². The average molecular weight is 200 g/mol. The Bertz CT molecular complexity index is 217. The van der Waals surface area contributed by atoms with Crippen LogP contribution in [0.15, 0.2) is 4.99 Å². The molecule has 0 aliphatic heterocycles. The normalized spacial score (nSPS) is 12.4. The average Bonchev–Trinajstić information content (AvgIpc) is 2.00. The highest BCUT2D eigenvalue weighted by Gasteiger charge is 2.12. The highest BCUT2D eigenvalue weighted by atomic mass is 16.1. The number of hydrogen-bond donors (Lipinski definition) is 3. The SMILES string of the molecule is CN=C(N)NCCC(=O)NC(C)(C)C. The topological polar surface area (TPSA) is 79.5 Å². The van der Waals surface area contributed by atoms with Gasteiger partial charge in [-0.3, -0.25) is 9.79 Å². The monoisotopic (exact) mass is 200 g/mol. The number of rotatable bonds is 3. The Morgan fingerprint density at radius 2 is 2.00 bits per heavy atom. The highest BCUT2D eigenvalue weighted by Crippen LogP contribution is 1.98. The molecule has 0 atom stereocenters. The molecule has 0 saturated carbocycles. The van der Waals surface area contributed by atoms with E-state index in [2.05, 4.69) is 15.6 Å². The molecule has 14 heavy (non-hydrogen) atoms. The molecule has 5 heteroatoms. The van der Waals surface area contributed by atoms with Crippen molar-refractivity contribution < 1.29 is 4.79 Å². The summed E-state index contributed by atoms with van der Waals surface area (Å²) >= 11 is 0. The lowest BCUT2D eigenvalue weighted by Crippen LogP contribution is -2.42. The van der Waals surface area contributed by atoms with Gasteiger partial charge in [0.1, 0.15) is 0 Å². The highest BCUT2D eigenvalue weighted by molar-refractivity contribution is 5.80. The van der Waals surface area contributed by atoms with Crippen LogP contribution >= 0.6 is 0 Å². The minimum Gasteiger partial charge on any atom is -0.370 e. The van der Waals surface area contributed by atoms with Crippen molar-refractivity contribution in [2.75, 3.05) is 13.6 Å². The molecule has 0 aliphatic rings. The van der Waals surface area contributed by atoms with Gasteiger partial charge in [0.2, 0.25) is 5.91 Å². The van der Waals surface area contributed by atoms with Crippen LogP contribution in [0.3, 0.4) is 0 Å². The predicted octanol–water partition coefficient (Wildman–Crippen LogP) is -0.175. The van der Waals surface area contributed by atoms with Gasteiger partial charge in [-0.2, -0.15) is 0 Å². The molecule has 82 valence electrons. The van der Waals surface area contributed by atoms with Crippen molar-refractivity contribution in [3.8, 4) is 0 Å². The van der Waals surface area contributed by atoms with E-state index in [4.69, 9.17) is 5.73 Å². The van der Waals surface area contributed by atoms with Crippen LogP contribution in [0.1, 0.15) is 27.2 Å². The molecule has 0 saturated heterocycles. The number of carbonyl (C=O) groups excluding carboxylic acids is 1. The van der Waals surface area contributed by atoms with Gasteiger partial charge in [0.05, 0.1) is 0 Å². The number of amides is 1. The number of hydrogen-bond acceptors (Lipinski definition) is 2. The van der Waals surface area contributed by atoms with Gasteiger partial charge in [-0.05, 0) is 20.8 Å². The minimum atomic E-state index is -0.179. The third kappa shape index (κ3) is 7.39. The van der Waals surface area contributed by atoms with Crippen LogP contribution in [0.4, 0.5) is 0 Å². The van der Waals surface area contributed by atoms with E-state index < -0.39 is 0 Å². The van der Waals surface area contributed by atoms with Crippen molar-refractivity contribution in [3.63, 3.8) is 0 Å². The van der Waals surface area contributed by atoms with E-state index in [0.717, 1.165) is 0 Å². The van der Waals surface area contributed by atoms with Crippen LogP contribution in [0.5, 0.6) is 0 Å². The fourth-order valence-electron chi connectivity index (χ4n) is 0.864. The van der Waals surface area contributed by atoms with Crippen LogP contribution in [0.2, 0.25) is 0 Å². The summed E-state index contributed by atoms with van der Waals surface area (Å²) in [5.74, 6) is 0.363. The van der Waals surface area contributed by atoms with Gasteiger partial charge in [0.25, 0.3) is 0 Å². The molecule has 0 bridgehead atoms. The summed E-state index contributed by atoms with van der Waals surface area (Å²) in [6.07, 6.45) is 0.396. The molecule has 0 radical (unpaired) electrons. The molecule has 0 aliphatic carbocycles. The predicted molar refractivity (Wildman–Crippen MR) is 58.1 cm³/mol. The molecule has 0 aromatic carbocycles. The number of nitrogens with two attached hydrogens (primary N) is 1. The number of guanidine groups is 1. The van der Waals surface area contributed by atoms with Gasteiger partial charge in [0, 0.05) is 25.6 Å². The Balaban J connectivity index is 3.66. The fourth-order valence-corrected chi connectivity index (χ4v) is 0.864. The Morgan fingerprint density at radius 1 is 1.43 bits per heavy atom. The first-order valence-electron chi connectivity index (χ1n) is 4.62. The van der Waals surface area contributed by atoms with Crippen LogP contribution < -0.4 is 16.4 Å². The number of carbonyl (C=O) groups is 1. The third-order valence-electron chi connectivity index (χ3n) is 1.41. The smallest absolute Gasteiger partial charge is 0.222 e. The second-order valence-corrected chi connectivity index (χ2v) is 4.08. The van der Waals surface area contributed by atoms with Gasteiger partial charge in [0.15, 0.2) is 5.96 Å². The molecule has 0 heterocycles. The fraction of sp³-hybridized carbons (Fsp3) is 0.778. The molecule has 0 rings (SSSR count). The maximum atomic E-state index is 11.3. The molecule has 0 aromatic heterocycles. The largest absolute Gasteiger partial charge is 0.370 e. The van der Waals surface area contributed by atoms with Gasteiger partial charge in [-0.25, -0.2) is 0 Å². The Labute approximate surface area is 85.2 Å². The van der Waals surface area contributed by atoms with Gasteiger partial charge < -0.3 is 16.4 Å². The molecular weight excluding hydrogens is 180 g/mol. The first kappa shape index (κ1) is 12.7. The lowest BCUT2D eigenvalue weighted by atomic mass is 10.1. The van der Waals surface area contributed by atoms with E-state index in [1.807, 2.05) is 20.8 Å². The summed E-state index contributed by atoms with van der Waals surface area (Å²) in [7, 11) is 1.59. The van der Waals surface area contributed by atoms with Gasteiger partial charge in [-0.1, -0.05) is 0 Å². The molecule has 0 aromatic rings. The molecule has 4 N–H and O–H groups in total. The molecule has 5 nitrogen and oxygen atoms in total. The van der Waals surface area contributed by atoms with Crippen molar-refractivity contribution in [2.24, 2.45) is 10.7 Å². The third-order valence-corrected chi connectivity index (χ3v) is 1.41. The van der Waals surface area contributed by atoms with Crippen molar-refractivity contribution in [1.82, 2.24) is 10.6 Å². The molecule has 0 unspecified atom stereocenters. The van der Waals surface area contributed by atoms with E-state index in [9.17, 15) is 4.79 Å². The molecule has 0 fully saturated rings. The minimum absolute atomic E-state index is 0.00824. The van der Waals surface area contributed by atoms with Crippen LogP contribution in [0, 0.1) is 0 Å². The van der Waals surface area contributed by atoms with E-state index >= 15 is 0 Å². The maximum Gasteiger partial charge on any atom is 0.222 e. The van der Waals surface area contributed by atoms with Gasteiger partial charge in [-0.15, -0.1) is 0 Å². The summed E-state index contributed by atoms with van der Waals surface area (Å²) < 4.78 is 0. The van der Waals surface area contributed by atoms with Crippen molar-refractivity contribution in [1.29, 1.82) is 0 Å². The summed E-state index contributed by atoms with van der Waals surface area (Å²) in [4.78, 5) is 15.0. The quantitative estimate of drug-likeness (QED) is 0.437. The standard InChI is InChI=1S/C9H20N4O/c1-9(2,3)13-7(14)5-6-12-8(10)11-4/h5-6H2,1-4H3,(H,13,14)(H3,10,11,12). The van der Waals surface area contributed by atoms with E-state index in [1.54, 1.807) is 7.05 Å². The molecule has 1 amide bonds. The Hall–Kier alpha value is -1.26. The number of aliphatic imine (C=N–C) groups is 1. The summed E-state index contributed by atoms with van der Waals surface area (Å²) in [5, 5.41) is 5.67. The van der Waals surface area contributed by atoms with Crippen LogP contribution in [0.25, 0.3) is 0 Å². The van der Waals surface area contributed by atoms with E-state index in [0.29, 0.717) is 18.9 Å². The number of nitrogens with zero attached hydrogens (tertiary/aromatic N) is 1. The molecular formula is C9H20N4O. The Morgan fingerprint density at radius 3 is 2.43 bits per heavy atom. The second kappa shape index (κ2) is 5.47. The lowest BCUT2D eigenvalue weighted by Gasteiger charge is -2.20. The first-order valence-corrected chi connectivity index (χ1v) is 4.62. The van der Waals surface area contributed by atoms with Crippen molar-refractivity contribution in [3.05, 3.63) is 0 Å². The van der Waals surface area contributed by atoms with Gasteiger partial charge >= 0.3 is 0 Å². The number of nitrogens with one attached hydrogen (secondary N) is 2. The zero-order valence-corrected chi connectivity index (χ0v) is 9.35. The van der Waals surface area contributed by atoms with Crippen molar-refractivity contribution >= 4 is 11.9 Å². The van der Waals surface area contributed by atoms with Crippen LogP contribution in [-0.2, 0) is 4.79 Å². The second-order valence-electron chi connectivity index (χ2n) is 4.08.